The van der Waals surface area contributed by atoms with Crippen LogP contribution >= 0.6 is 0 Å². The van der Waals surface area contributed by atoms with Crippen molar-refractivity contribution in [3.05, 3.63) is 70.5 Å². The number of Topliss-reactive ketones (excluding diaryl/α,β-unsaturated/α-hetero) is 1. The number of esters is 1. The molecular formula is C23H23NO5. The minimum atomic E-state index is -0.812. The molecule has 1 aliphatic heterocycles. The third kappa shape index (κ3) is 3.78. The Hall–Kier alpha value is -3.41. The van der Waals surface area contributed by atoms with E-state index in [-0.39, 0.29) is 17.8 Å². The summed E-state index contributed by atoms with van der Waals surface area (Å²) in [5.74, 6) is -1.66. The lowest BCUT2D eigenvalue weighted by atomic mass is 9.94. The molecular weight excluding hydrogens is 370 g/mol. The van der Waals surface area contributed by atoms with Gasteiger partial charge in [-0.25, -0.2) is 0 Å². The summed E-state index contributed by atoms with van der Waals surface area (Å²) < 4.78 is 5.16. The first-order valence-corrected chi connectivity index (χ1v) is 9.40. The van der Waals surface area contributed by atoms with E-state index in [0.29, 0.717) is 17.0 Å². The average Bonchev–Trinajstić information content (AvgIpc) is 2.94. The van der Waals surface area contributed by atoms with Gasteiger partial charge < -0.3 is 9.84 Å². The van der Waals surface area contributed by atoms with E-state index in [1.165, 1.54) is 11.8 Å². The van der Waals surface area contributed by atoms with Crippen LogP contribution in [0.4, 0.5) is 5.69 Å². The van der Waals surface area contributed by atoms with Crippen LogP contribution in [0.15, 0.2) is 53.8 Å². The van der Waals surface area contributed by atoms with Crippen molar-refractivity contribution in [3.8, 4) is 5.75 Å². The summed E-state index contributed by atoms with van der Waals surface area (Å²) in [6, 6.07) is 11.4. The predicted octanol–water partition coefficient (Wildman–Crippen LogP) is 4.11. The number of nitrogens with zero attached hydrogens (tertiary/aromatic N) is 1. The van der Waals surface area contributed by atoms with E-state index >= 15 is 0 Å². The van der Waals surface area contributed by atoms with Gasteiger partial charge >= 0.3 is 5.97 Å². The lowest BCUT2D eigenvalue weighted by Gasteiger charge is -2.27. The molecule has 0 radical (unpaired) electrons. The summed E-state index contributed by atoms with van der Waals surface area (Å²) in [5.41, 5.74) is 3.24. The van der Waals surface area contributed by atoms with Crippen molar-refractivity contribution in [1.29, 1.82) is 0 Å². The van der Waals surface area contributed by atoms with Crippen LogP contribution < -0.4 is 9.64 Å². The molecule has 2 aromatic carbocycles. The zero-order chi connectivity index (χ0) is 21.3. The Kier molecular flexibility index (Phi) is 5.55. The Bertz CT molecular complexity index is 1040. The SMILES string of the molecule is CCC(=O)C1=C(O)C(=O)N(c2ccc(C)c(C)c2)C1c1cccc(OC(C)=O)c1. The molecule has 2 aromatic rings. The van der Waals surface area contributed by atoms with E-state index in [2.05, 4.69) is 0 Å². The first-order valence-electron chi connectivity index (χ1n) is 9.40. The van der Waals surface area contributed by atoms with Crippen LogP contribution in [0.25, 0.3) is 0 Å². The normalized spacial score (nSPS) is 16.3. The number of ketones is 1. The first kappa shape index (κ1) is 20.3. The van der Waals surface area contributed by atoms with Gasteiger partial charge in [0.15, 0.2) is 11.5 Å². The first-order chi connectivity index (χ1) is 13.7. The number of aliphatic hydroxyl groups is 1. The Morgan fingerprint density at radius 2 is 1.83 bits per heavy atom. The topological polar surface area (TPSA) is 83.9 Å². The second-order valence-corrected chi connectivity index (χ2v) is 7.05. The number of carbonyl (C=O) groups is 3. The number of anilines is 1. The monoisotopic (exact) mass is 393 g/mol. The number of rotatable bonds is 5. The zero-order valence-corrected chi connectivity index (χ0v) is 16.9. The van der Waals surface area contributed by atoms with E-state index < -0.39 is 23.7 Å². The summed E-state index contributed by atoms with van der Waals surface area (Å²) >= 11 is 0. The fourth-order valence-corrected chi connectivity index (χ4v) is 3.45. The third-order valence-electron chi connectivity index (χ3n) is 5.03. The minimum absolute atomic E-state index is 0.0516. The Balaban J connectivity index is 2.18. The smallest absolute Gasteiger partial charge is 0.308 e. The van der Waals surface area contributed by atoms with Crippen LogP contribution in [0.3, 0.4) is 0 Å². The molecule has 1 heterocycles. The molecule has 6 heteroatoms. The number of hydrogen-bond donors (Lipinski definition) is 1. The predicted molar refractivity (Wildman–Crippen MR) is 109 cm³/mol. The van der Waals surface area contributed by atoms with E-state index in [0.717, 1.165) is 11.1 Å². The highest BCUT2D eigenvalue weighted by Crippen LogP contribution is 2.42. The second kappa shape index (κ2) is 7.91. The van der Waals surface area contributed by atoms with Crippen molar-refractivity contribution in [2.45, 2.75) is 40.2 Å². The van der Waals surface area contributed by atoms with Crippen molar-refractivity contribution < 1.29 is 24.2 Å². The highest BCUT2D eigenvalue weighted by molar-refractivity contribution is 6.16. The molecule has 29 heavy (non-hydrogen) atoms. The summed E-state index contributed by atoms with van der Waals surface area (Å²) in [7, 11) is 0. The molecule has 1 N–H and O–H groups in total. The number of aliphatic hydroxyl groups excluding tert-OH is 1. The quantitative estimate of drug-likeness (QED) is 0.611. The van der Waals surface area contributed by atoms with Crippen LogP contribution in [0.2, 0.25) is 0 Å². The van der Waals surface area contributed by atoms with E-state index in [9.17, 15) is 19.5 Å². The number of aryl methyl sites for hydroxylation is 2. The van der Waals surface area contributed by atoms with Gasteiger partial charge in [0, 0.05) is 19.0 Å². The molecule has 1 amide bonds. The maximum absolute atomic E-state index is 13.0. The summed E-state index contributed by atoms with van der Waals surface area (Å²) in [5, 5.41) is 10.5. The van der Waals surface area contributed by atoms with Crippen LogP contribution in [0.1, 0.15) is 43.0 Å². The van der Waals surface area contributed by atoms with Crippen molar-refractivity contribution in [1.82, 2.24) is 0 Å². The standard InChI is InChI=1S/C23H23NO5/c1-5-19(26)20-21(16-7-6-8-18(12-16)29-15(4)25)24(23(28)22(20)27)17-10-9-13(2)14(3)11-17/h6-12,21,27H,5H2,1-4H3. The molecule has 0 saturated heterocycles. The molecule has 0 bridgehead atoms. The van der Waals surface area contributed by atoms with E-state index in [1.54, 1.807) is 37.3 Å². The molecule has 150 valence electrons. The lowest BCUT2D eigenvalue weighted by molar-refractivity contribution is -0.132. The van der Waals surface area contributed by atoms with Crippen LogP contribution in [0.5, 0.6) is 5.75 Å². The summed E-state index contributed by atoms with van der Waals surface area (Å²) in [6.07, 6.45) is 0.146. The van der Waals surface area contributed by atoms with Gasteiger partial charge in [-0.3, -0.25) is 19.3 Å². The summed E-state index contributed by atoms with van der Waals surface area (Å²) in [4.78, 5) is 38.3. The molecule has 0 spiro atoms. The van der Waals surface area contributed by atoms with Crippen molar-refractivity contribution in [2.75, 3.05) is 4.90 Å². The largest absolute Gasteiger partial charge is 0.503 e. The Morgan fingerprint density at radius 3 is 2.45 bits per heavy atom. The number of hydrogen-bond acceptors (Lipinski definition) is 5. The zero-order valence-electron chi connectivity index (χ0n) is 16.9. The van der Waals surface area contributed by atoms with Gasteiger partial charge in [0.2, 0.25) is 0 Å². The van der Waals surface area contributed by atoms with Crippen LogP contribution in [-0.4, -0.2) is 22.8 Å². The molecule has 3 rings (SSSR count). The molecule has 1 aliphatic rings. The lowest BCUT2D eigenvalue weighted by Crippen LogP contribution is -2.31. The van der Waals surface area contributed by atoms with Crippen molar-refractivity contribution >= 4 is 23.3 Å². The number of ether oxygens (including phenoxy) is 1. The molecule has 0 aromatic heterocycles. The maximum Gasteiger partial charge on any atom is 0.308 e. The van der Waals surface area contributed by atoms with Crippen molar-refractivity contribution in [3.63, 3.8) is 0 Å². The molecule has 0 saturated carbocycles. The molecule has 1 unspecified atom stereocenters. The minimum Gasteiger partial charge on any atom is -0.503 e. The Labute approximate surface area is 169 Å². The van der Waals surface area contributed by atoms with Gasteiger partial charge in [0.05, 0.1) is 11.6 Å². The fourth-order valence-electron chi connectivity index (χ4n) is 3.45. The van der Waals surface area contributed by atoms with E-state index in [4.69, 9.17) is 4.74 Å². The molecule has 1 atom stereocenters. The van der Waals surface area contributed by atoms with Crippen LogP contribution in [0, 0.1) is 13.8 Å². The van der Waals surface area contributed by atoms with Gasteiger partial charge in [-0.1, -0.05) is 25.1 Å². The summed E-state index contributed by atoms with van der Waals surface area (Å²) in [6.45, 7) is 6.87. The van der Waals surface area contributed by atoms with Gasteiger partial charge in [0.25, 0.3) is 5.91 Å². The third-order valence-corrected chi connectivity index (χ3v) is 5.03. The Morgan fingerprint density at radius 1 is 1.10 bits per heavy atom. The van der Waals surface area contributed by atoms with Gasteiger partial charge in [-0.05, 0) is 54.8 Å². The van der Waals surface area contributed by atoms with Gasteiger partial charge in [0.1, 0.15) is 5.75 Å². The molecule has 0 fully saturated rings. The number of benzene rings is 2. The fraction of sp³-hybridized carbons (Fsp3) is 0.261. The van der Waals surface area contributed by atoms with E-state index in [1.807, 2.05) is 26.0 Å². The van der Waals surface area contributed by atoms with Crippen molar-refractivity contribution in [2.24, 2.45) is 0 Å². The highest BCUT2D eigenvalue weighted by atomic mass is 16.5. The highest BCUT2D eigenvalue weighted by Gasteiger charge is 2.44. The van der Waals surface area contributed by atoms with Crippen LogP contribution in [-0.2, 0) is 14.4 Å². The van der Waals surface area contributed by atoms with Gasteiger partial charge in [-0.2, -0.15) is 0 Å². The maximum atomic E-state index is 13.0. The second-order valence-electron chi connectivity index (χ2n) is 7.05. The average molecular weight is 393 g/mol. The van der Waals surface area contributed by atoms with Gasteiger partial charge in [-0.15, -0.1) is 0 Å². The number of carbonyl (C=O) groups excluding carboxylic acids is 3. The molecule has 6 nitrogen and oxygen atoms in total. The molecule has 0 aliphatic carbocycles. The number of amides is 1.